The highest BCUT2D eigenvalue weighted by Gasteiger charge is 2.16. The summed E-state index contributed by atoms with van der Waals surface area (Å²) < 4.78 is 18.1. The van der Waals surface area contributed by atoms with Crippen LogP contribution >= 0.6 is 0 Å². The van der Waals surface area contributed by atoms with Crippen LogP contribution in [-0.2, 0) is 0 Å². The zero-order valence-electron chi connectivity index (χ0n) is 19.6. The van der Waals surface area contributed by atoms with Crippen LogP contribution in [0.3, 0.4) is 0 Å². The number of para-hydroxylation sites is 1. The molecule has 2 aromatic heterocycles. The quantitative estimate of drug-likeness (QED) is 0.429. The molecule has 2 heterocycles. The number of hydrogen-bond acceptors (Lipinski definition) is 7. The van der Waals surface area contributed by atoms with E-state index in [2.05, 4.69) is 20.6 Å². The number of anilines is 1. The van der Waals surface area contributed by atoms with Crippen LogP contribution < -0.4 is 19.5 Å². The number of nitrogens with one attached hydrogen (secondary N) is 1. The number of amides is 1. The van der Waals surface area contributed by atoms with E-state index < -0.39 is 0 Å². The van der Waals surface area contributed by atoms with E-state index in [0.29, 0.717) is 40.2 Å². The lowest BCUT2D eigenvalue weighted by molar-refractivity contribution is 0.102. The Bertz CT molecular complexity index is 1310. The van der Waals surface area contributed by atoms with Crippen molar-refractivity contribution in [3.05, 3.63) is 77.1 Å². The molecule has 0 unspecified atom stereocenters. The van der Waals surface area contributed by atoms with Gasteiger partial charge in [0.25, 0.3) is 5.91 Å². The third-order valence-corrected chi connectivity index (χ3v) is 5.48. The number of nitrogens with zero attached hydrogens (tertiary/aromatic N) is 4. The number of hydrogen-bond donors (Lipinski definition) is 1. The van der Waals surface area contributed by atoms with Gasteiger partial charge in [0, 0.05) is 17.4 Å². The molecule has 0 aliphatic heterocycles. The molecule has 174 valence electrons. The number of carbonyl (C=O) groups excluding carboxylic acids is 1. The molecule has 0 spiro atoms. The van der Waals surface area contributed by atoms with E-state index in [1.165, 1.54) is 14.2 Å². The number of aryl methyl sites for hydroxylation is 1. The molecular weight excluding hydrogens is 434 g/mol. The van der Waals surface area contributed by atoms with E-state index in [9.17, 15) is 4.79 Å². The zero-order chi connectivity index (χ0) is 24.2. The minimum absolute atomic E-state index is 0.315. The minimum Gasteiger partial charge on any atom is -0.493 e. The van der Waals surface area contributed by atoms with E-state index in [0.717, 1.165) is 17.0 Å². The highest BCUT2D eigenvalue weighted by atomic mass is 16.5. The smallest absolute Gasteiger partial charge is 0.259 e. The van der Waals surface area contributed by atoms with E-state index in [1.54, 1.807) is 59.3 Å². The average Bonchev–Trinajstić information content (AvgIpc) is 3.12. The summed E-state index contributed by atoms with van der Waals surface area (Å²) in [6, 6.07) is 15.6. The van der Waals surface area contributed by atoms with Gasteiger partial charge >= 0.3 is 0 Å². The molecule has 9 heteroatoms. The minimum atomic E-state index is -0.315. The molecule has 2 aromatic carbocycles. The third kappa shape index (κ3) is 4.54. The molecule has 9 nitrogen and oxygen atoms in total. The number of carbonyl (C=O) groups is 1. The van der Waals surface area contributed by atoms with Crippen molar-refractivity contribution < 1.29 is 19.0 Å². The lowest BCUT2D eigenvalue weighted by atomic mass is 10.1. The lowest BCUT2D eigenvalue weighted by Crippen LogP contribution is -2.13. The normalized spacial score (nSPS) is 10.6. The summed E-state index contributed by atoms with van der Waals surface area (Å²) in [4.78, 5) is 12.7. The standard InChI is InChI=1S/C25H25N5O4/c1-15-16(2)29-30(17(15)3)22-13-14-23(28-27-22)34-19-11-9-18(10-12-19)26-25(31)20-7-6-8-21(32-4)24(20)33-5/h6-14H,1-5H3,(H,26,31). The molecule has 0 bridgehead atoms. The molecule has 4 aromatic rings. The van der Waals surface area contributed by atoms with Crippen molar-refractivity contribution in [2.24, 2.45) is 0 Å². The number of ether oxygens (including phenoxy) is 3. The van der Waals surface area contributed by atoms with Crippen LogP contribution in [0.1, 0.15) is 27.3 Å². The lowest BCUT2D eigenvalue weighted by Gasteiger charge is -2.13. The molecular formula is C25H25N5O4. The van der Waals surface area contributed by atoms with Gasteiger partial charge in [-0.05, 0) is 68.8 Å². The first-order valence-corrected chi connectivity index (χ1v) is 10.6. The van der Waals surface area contributed by atoms with E-state index in [4.69, 9.17) is 14.2 Å². The fourth-order valence-corrected chi connectivity index (χ4v) is 3.42. The summed E-state index contributed by atoms with van der Waals surface area (Å²) >= 11 is 0. The third-order valence-electron chi connectivity index (χ3n) is 5.48. The van der Waals surface area contributed by atoms with Crippen molar-refractivity contribution in [1.82, 2.24) is 20.0 Å². The van der Waals surface area contributed by atoms with Crippen molar-refractivity contribution in [3.8, 4) is 28.9 Å². The molecule has 0 radical (unpaired) electrons. The first-order chi connectivity index (χ1) is 16.4. The van der Waals surface area contributed by atoms with Gasteiger partial charge < -0.3 is 19.5 Å². The van der Waals surface area contributed by atoms with Crippen molar-refractivity contribution in [1.29, 1.82) is 0 Å². The van der Waals surface area contributed by atoms with Gasteiger partial charge in [-0.3, -0.25) is 4.79 Å². The first-order valence-electron chi connectivity index (χ1n) is 10.6. The highest BCUT2D eigenvalue weighted by Crippen LogP contribution is 2.31. The Kier molecular flexibility index (Phi) is 6.44. The van der Waals surface area contributed by atoms with Gasteiger partial charge in [-0.2, -0.15) is 5.10 Å². The molecule has 0 saturated heterocycles. The summed E-state index contributed by atoms with van der Waals surface area (Å²) in [5.41, 5.74) is 4.07. The fourth-order valence-electron chi connectivity index (χ4n) is 3.42. The molecule has 0 saturated carbocycles. The maximum atomic E-state index is 12.7. The van der Waals surface area contributed by atoms with Crippen LogP contribution in [0.4, 0.5) is 5.69 Å². The first kappa shape index (κ1) is 22.8. The molecule has 0 aliphatic carbocycles. The van der Waals surface area contributed by atoms with Crippen molar-refractivity contribution in [2.45, 2.75) is 20.8 Å². The van der Waals surface area contributed by atoms with Crippen LogP contribution in [-0.4, -0.2) is 40.1 Å². The second-order valence-electron chi connectivity index (χ2n) is 7.56. The molecule has 1 amide bonds. The number of methoxy groups -OCH3 is 2. The maximum Gasteiger partial charge on any atom is 0.259 e. The molecule has 34 heavy (non-hydrogen) atoms. The Balaban J connectivity index is 1.43. The number of benzene rings is 2. The SMILES string of the molecule is COc1cccc(C(=O)Nc2ccc(Oc3ccc(-n4nc(C)c(C)c4C)nn3)cc2)c1OC. The highest BCUT2D eigenvalue weighted by molar-refractivity contribution is 6.06. The molecule has 4 rings (SSSR count). The predicted molar refractivity (Wildman–Crippen MR) is 127 cm³/mol. The van der Waals surface area contributed by atoms with E-state index >= 15 is 0 Å². The topological polar surface area (TPSA) is 100 Å². The summed E-state index contributed by atoms with van der Waals surface area (Å²) in [6.07, 6.45) is 0. The van der Waals surface area contributed by atoms with Gasteiger partial charge in [0.1, 0.15) is 5.75 Å². The predicted octanol–water partition coefficient (Wildman–Crippen LogP) is 4.65. The average molecular weight is 460 g/mol. The van der Waals surface area contributed by atoms with Crippen LogP contribution in [0.2, 0.25) is 0 Å². The van der Waals surface area contributed by atoms with Crippen molar-refractivity contribution in [2.75, 3.05) is 19.5 Å². The van der Waals surface area contributed by atoms with Crippen LogP contribution in [0.25, 0.3) is 5.82 Å². The summed E-state index contributed by atoms with van der Waals surface area (Å²) in [5.74, 6) is 2.07. The Morgan fingerprint density at radius 2 is 1.68 bits per heavy atom. The number of aromatic nitrogens is 4. The Morgan fingerprint density at radius 3 is 2.26 bits per heavy atom. The zero-order valence-corrected chi connectivity index (χ0v) is 19.6. The van der Waals surface area contributed by atoms with Crippen LogP contribution in [0.15, 0.2) is 54.6 Å². The van der Waals surface area contributed by atoms with Gasteiger partial charge in [-0.15, -0.1) is 10.2 Å². The maximum absolute atomic E-state index is 12.7. The summed E-state index contributed by atoms with van der Waals surface area (Å²) in [5, 5.41) is 15.7. The van der Waals surface area contributed by atoms with Gasteiger partial charge in [0.15, 0.2) is 17.3 Å². The van der Waals surface area contributed by atoms with Crippen LogP contribution in [0, 0.1) is 20.8 Å². The van der Waals surface area contributed by atoms with Gasteiger partial charge in [-0.25, -0.2) is 4.68 Å². The van der Waals surface area contributed by atoms with Crippen molar-refractivity contribution >= 4 is 11.6 Å². The second-order valence-corrected chi connectivity index (χ2v) is 7.56. The van der Waals surface area contributed by atoms with E-state index in [1.807, 2.05) is 20.8 Å². The van der Waals surface area contributed by atoms with Crippen LogP contribution in [0.5, 0.6) is 23.1 Å². The van der Waals surface area contributed by atoms with E-state index in [-0.39, 0.29) is 5.91 Å². The van der Waals surface area contributed by atoms with Crippen molar-refractivity contribution in [3.63, 3.8) is 0 Å². The molecule has 1 N–H and O–H groups in total. The summed E-state index contributed by atoms with van der Waals surface area (Å²) in [7, 11) is 3.02. The Hall–Kier alpha value is -4.40. The van der Waals surface area contributed by atoms with Gasteiger partial charge in [0.05, 0.1) is 25.5 Å². The Labute approximate surface area is 197 Å². The van der Waals surface area contributed by atoms with Gasteiger partial charge in [-0.1, -0.05) is 6.07 Å². The fraction of sp³-hybridized carbons (Fsp3) is 0.200. The summed E-state index contributed by atoms with van der Waals surface area (Å²) in [6.45, 7) is 5.98. The molecule has 0 atom stereocenters. The Morgan fingerprint density at radius 1 is 0.912 bits per heavy atom. The van der Waals surface area contributed by atoms with Gasteiger partial charge in [0.2, 0.25) is 5.88 Å². The number of rotatable bonds is 7. The monoisotopic (exact) mass is 459 g/mol. The largest absolute Gasteiger partial charge is 0.493 e. The molecule has 0 fully saturated rings. The molecule has 0 aliphatic rings. The second kappa shape index (κ2) is 9.62.